The molecule has 6 heteroatoms. The van der Waals surface area contributed by atoms with Crippen LogP contribution in [-0.2, 0) is 0 Å². The van der Waals surface area contributed by atoms with Gasteiger partial charge in [-0.25, -0.2) is 0 Å². The fourth-order valence-electron chi connectivity index (χ4n) is 0.953. The van der Waals surface area contributed by atoms with Crippen LogP contribution in [0.5, 0.6) is 0 Å². The van der Waals surface area contributed by atoms with Crippen molar-refractivity contribution in [3.63, 3.8) is 0 Å². The van der Waals surface area contributed by atoms with Crippen LogP contribution >= 0.6 is 39.3 Å². The molecule has 0 radical (unpaired) electrons. The Bertz CT molecular complexity index is 349. The molecule has 0 saturated carbocycles. The summed E-state index contributed by atoms with van der Waals surface area (Å²) in [6.07, 6.45) is 0.814. The molecule has 1 unspecified atom stereocenters. The van der Waals surface area contributed by atoms with Crippen molar-refractivity contribution in [3.05, 3.63) is 34.4 Å². The monoisotopic (exact) mass is 309 g/mol. The minimum absolute atomic E-state index is 0.0382. The van der Waals surface area contributed by atoms with Gasteiger partial charge in [-0.2, -0.15) is 0 Å². The number of alkyl halides is 2. The molecular formula is C9H9BrClNO2S. The van der Waals surface area contributed by atoms with E-state index in [4.69, 9.17) is 11.6 Å². The fourth-order valence-corrected chi connectivity index (χ4v) is 2.69. The Morgan fingerprint density at radius 1 is 1.60 bits per heavy atom. The molecule has 0 fully saturated rings. The van der Waals surface area contributed by atoms with E-state index in [0.717, 1.165) is 17.1 Å². The first kappa shape index (κ1) is 12.8. The summed E-state index contributed by atoms with van der Waals surface area (Å²) in [5, 5.41) is 10.5. The van der Waals surface area contributed by atoms with E-state index in [-0.39, 0.29) is 14.9 Å². The van der Waals surface area contributed by atoms with E-state index in [1.165, 1.54) is 6.07 Å². The molecule has 82 valence electrons. The normalized spacial score (nSPS) is 12.4. The highest BCUT2D eigenvalue weighted by atomic mass is 79.9. The van der Waals surface area contributed by atoms with E-state index in [1.807, 2.05) is 6.07 Å². The highest BCUT2D eigenvalue weighted by Gasteiger charge is 2.06. The molecule has 1 aromatic rings. The Morgan fingerprint density at radius 3 is 2.93 bits per heavy atom. The smallest absolute Gasteiger partial charge is 0.258 e. The van der Waals surface area contributed by atoms with Crippen molar-refractivity contribution in [1.29, 1.82) is 0 Å². The minimum atomic E-state index is -0.390. The average molecular weight is 311 g/mol. The summed E-state index contributed by atoms with van der Waals surface area (Å²) in [6.45, 7) is 0. The van der Waals surface area contributed by atoms with Gasteiger partial charge in [0, 0.05) is 22.8 Å². The number of non-ortho nitro benzene ring substituents is 1. The van der Waals surface area contributed by atoms with Gasteiger partial charge in [0.15, 0.2) is 0 Å². The van der Waals surface area contributed by atoms with Gasteiger partial charge in [0.2, 0.25) is 0 Å². The van der Waals surface area contributed by atoms with E-state index in [1.54, 1.807) is 23.9 Å². The number of nitro groups is 1. The van der Waals surface area contributed by atoms with Gasteiger partial charge < -0.3 is 0 Å². The van der Waals surface area contributed by atoms with Crippen LogP contribution in [0, 0.1) is 10.1 Å². The lowest BCUT2D eigenvalue weighted by Gasteiger charge is -2.01. The highest BCUT2D eigenvalue weighted by Crippen LogP contribution is 2.25. The summed E-state index contributed by atoms with van der Waals surface area (Å²) in [6, 6.07) is 6.60. The molecule has 0 amide bonds. The van der Waals surface area contributed by atoms with Gasteiger partial charge in [0.05, 0.1) is 9.21 Å². The maximum Gasteiger partial charge on any atom is 0.270 e. The molecule has 1 aromatic carbocycles. The van der Waals surface area contributed by atoms with Crippen molar-refractivity contribution in [2.45, 2.75) is 15.6 Å². The SMILES string of the molecule is O=[N+]([O-])c1cccc(SCCC(Cl)Br)c1. The maximum atomic E-state index is 10.5. The number of nitrogens with zero attached hydrogens (tertiary/aromatic N) is 1. The predicted octanol–water partition coefficient (Wildman–Crippen LogP) is 4.04. The average Bonchev–Trinajstić information content (AvgIpc) is 2.17. The van der Waals surface area contributed by atoms with Crippen LogP contribution in [0.2, 0.25) is 0 Å². The van der Waals surface area contributed by atoms with Crippen molar-refractivity contribution < 1.29 is 4.92 Å². The number of thioether (sulfide) groups is 1. The second-order valence-corrected chi connectivity index (χ2v) is 6.11. The summed E-state index contributed by atoms with van der Waals surface area (Å²) in [7, 11) is 0. The summed E-state index contributed by atoms with van der Waals surface area (Å²) in [5.74, 6) is 0.834. The highest BCUT2D eigenvalue weighted by molar-refractivity contribution is 9.10. The zero-order valence-electron chi connectivity index (χ0n) is 7.73. The number of benzene rings is 1. The molecule has 0 heterocycles. The summed E-state index contributed by atoms with van der Waals surface area (Å²) < 4.78 is -0.0382. The van der Waals surface area contributed by atoms with Crippen molar-refractivity contribution in [1.82, 2.24) is 0 Å². The summed E-state index contributed by atoms with van der Waals surface area (Å²) in [5.41, 5.74) is 0.126. The molecule has 0 aliphatic rings. The first-order valence-electron chi connectivity index (χ1n) is 4.25. The van der Waals surface area contributed by atoms with Crippen molar-refractivity contribution in [2.75, 3.05) is 5.75 Å². The number of halogens is 2. The predicted molar refractivity (Wildman–Crippen MR) is 67.0 cm³/mol. The first-order chi connectivity index (χ1) is 7.09. The zero-order valence-corrected chi connectivity index (χ0v) is 10.9. The third kappa shape index (κ3) is 4.86. The van der Waals surface area contributed by atoms with Crippen LogP contribution in [0.4, 0.5) is 5.69 Å². The van der Waals surface area contributed by atoms with E-state index < -0.39 is 0 Å². The lowest BCUT2D eigenvalue weighted by molar-refractivity contribution is -0.385. The van der Waals surface area contributed by atoms with Crippen LogP contribution in [0.3, 0.4) is 0 Å². The topological polar surface area (TPSA) is 43.1 Å². The molecule has 1 atom stereocenters. The second-order valence-electron chi connectivity index (χ2n) is 2.78. The maximum absolute atomic E-state index is 10.5. The lowest BCUT2D eigenvalue weighted by Crippen LogP contribution is -1.90. The van der Waals surface area contributed by atoms with Gasteiger partial charge in [-0.3, -0.25) is 10.1 Å². The minimum Gasteiger partial charge on any atom is -0.258 e. The summed E-state index contributed by atoms with van der Waals surface area (Å²) in [4.78, 5) is 11.0. The molecule has 0 N–H and O–H groups in total. The molecule has 0 spiro atoms. The third-order valence-corrected chi connectivity index (χ3v) is 3.34. The van der Waals surface area contributed by atoms with Crippen molar-refractivity contribution in [3.8, 4) is 0 Å². The van der Waals surface area contributed by atoms with Gasteiger partial charge in [-0.1, -0.05) is 22.0 Å². The number of hydrogen-bond acceptors (Lipinski definition) is 3. The lowest BCUT2D eigenvalue weighted by atomic mass is 10.3. The quantitative estimate of drug-likeness (QED) is 0.357. The fraction of sp³-hybridized carbons (Fsp3) is 0.333. The van der Waals surface area contributed by atoms with Crippen LogP contribution in [0.1, 0.15) is 6.42 Å². The molecule has 0 aromatic heterocycles. The van der Waals surface area contributed by atoms with Gasteiger partial charge >= 0.3 is 0 Å². The van der Waals surface area contributed by atoms with Crippen LogP contribution in [0.25, 0.3) is 0 Å². The van der Waals surface area contributed by atoms with Crippen LogP contribution in [-0.4, -0.2) is 15.0 Å². The Morgan fingerprint density at radius 2 is 2.33 bits per heavy atom. The Hall–Kier alpha value is -0.260. The number of rotatable bonds is 5. The molecule has 1 rings (SSSR count). The Balaban J connectivity index is 2.54. The molecular weight excluding hydrogens is 302 g/mol. The molecule has 0 aliphatic heterocycles. The van der Waals surface area contributed by atoms with Gasteiger partial charge in [-0.05, 0) is 12.5 Å². The molecule has 0 aliphatic carbocycles. The zero-order chi connectivity index (χ0) is 11.3. The molecule has 15 heavy (non-hydrogen) atoms. The standard InChI is InChI=1S/C9H9BrClNO2S/c10-9(11)4-5-15-8-3-1-2-7(6-8)12(13)14/h1-3,6,9H,4-5H2. The Kier molecular flexibility index (Phi) is 5.42. The number of nitro benzene ring substituents is 1. The first-order valence-corrected chi connectivity index (χ1v) is 6.59. The van der Waals surface area contributed by atoms with E-state index in [2.05, 4.69) is 15.9 Å². The summed E-state index contributed by atoms with van der Waals surface area (Å²) >= 11 is 10.5. The largest absolute Gasteiger partial charge is 0.270 e. The molecule has 0 saturated heterocycles. The van der Waals surface area contributed by atoms with Crippen LogP contribution in [0.15, 0.2) is 29.2 Å². The van der Waals surface area contributed by atoms with Gasteiger partial charge in [-0.15, -0.1) is 23.4 Å². The second kappa shape index (κ2) is 6.35. The molecule has 0 bridgehead atoms. The number of hydrogen-bond donors (Lipinski definition) is 0. The van der Waals surface area contributed by atoms with Crippen molar-refractivity contribution in [2.24, 2.45) is 0 Å². The van der Waals surface area contributed by atoms with E-state index in [9.17, 15) is 10.1 Å². The van der Waals surface area contributed by atoms with Gasteiger partial charge in [0.1, 0.15) is 0 Å². The van der Waals surface area contributed by atoms with E-state index >= 15 is 0 Å². The molecule has 3 nitrogen and oxygen atoms in total. The van der Waals surface area contributed by atoms with Crippen molar-refractivity contribution >= 4 is 45.0 Å². The van der Waals surface area contributed by atoms with Crippen LogP contribution < -0.4 is 0 Å². The van der Waals surface area contributed by atoms with Gasteiger partial charge in [0.25, 0.3) is 5.69 Å². The van der Waals surface area contributed by atoms with E-state index in [0.29, 0.717) is 0 Å². The Labute approximate surface area is 105 Å². The third-order valence-electron chi connectivity index (χ3n) is 1.63.